The Morgan fingerprint density at radius 3 is 2.05 bits per heavy atom. The Morgan fingerprint density at radius 1 is 0.825 bits per heavy atom. The van der Waals surface area contributed by atoms with Gasteiger partial charge in [-0.05, 0) is 91.5 Å². The van der Waals surface area contributed by atoms with E-state index < -0.39 is 46.6 Å². The summed E-state index contributed by atoms with van der Waals surface area (Å²) in [5.41, 5.74) is 3.93. The number of carbonyl (C=O) groups is 2. The summed E-state index contributed by atoms with van der Waals surface area (Å²) < 4.78 is 81.8. The first-order valence-electron chi connectivity index (χ1n) is 19.3. The van der Waals surface area contributed by atoms with Crippen LogP contribution in [0.1, 0.15) is 97.6 Å². The molecule has 0 aromatic heterocycles. The second-order valence-electron chi connectivity index (χ2n) is 16.0. The number of nitrogens with one attached hydrogen (secondary N) is 1. The van der Waals surface area contributed by atoms with Gasteiger partial charge in [0.25, 0.3) is 20.2 Å². The summed E-state index contributed by atoms with van der Waals surface area (Å²) in [6.07, 6.45) is 17.0. The number of carbonyl (C=O) groups excluding carboxylic acids is 2. The predicted octanol–water partition coefficient (Wildman–Crippen LogP) is 6.52. The van der Waals surface area contributed by atoms with E-state index in [1.165, 1.54) is 42.1 Å². The molecule has 15 heteroatoms. The maximum Gasteiger partial charge on any atom is 0.294 e. The van der Waals surface area contributed by atoms with Crippen molar-refractivity contribution < 1.29 is 44.3 Å². The molecular formula is C42H58N3O9S3+. The minimum absolute atomic E-state index is 0.151. The van der Waals surface area contributed by atoms with E-state index in [0.717, 1.165) is 46.8 Å². The number of unbranched alkanes of at least 4 members (excludes halogenated alkanes) is 3. The number of rotatable bonds is 18. The Hall–Kier alpha value is -3.89. The third-order valence-corrected chi connectivity index (χ3v) is 13.1. The Bertz CT molecular complexity index is 2360. The number of hydrogen-bond acceptors (Lipinski definition) is 8. The number of anilines is 1. The highest BCUT2D eigenvalue weighted by Crippen LogP contribution is 2.48. The molecule has 12 nitrogen and oxygen atoms in total. The monoisotopic (exact) mass is 844 g/mol. The molecule has 0 bridgehead atoms. The first kappa shape index (κ1) is 45.8. The molecule has 57 heavy (non-hydrogen) atoms. The van der Waals surface area contributed by atoms with Crippen LogP contribution in [0.25, 0.3) is 0 Å². The highest BCUT2D eigenvalue weighted by Gasteiger charge is 2.45. The van der Waals surface area contributed by atoms with Gasteiger partial charge in [-0.25, -0.2) is 0 Å². The van der Waals surface area contributed by atoms with E-state index in [1.807, 2.05) is 71.9 Å². The number of Topliss-reactive ketones (excluding diaryl/α,β-unsaturated/α-hetero) is 1. The van der Waals surface area contributed by atoms with Gasteiger partial charge in [0, 0.05) is 71.8 Å². The molecule has 0 saturated carbocycles. The topological polar surface area (TPSA) is 178 Å². The third-order valence-electron chi connectivity index (χ3n) is 10.6. The van der Waals surface area contributed by atoms with Gasteiger partial charge in [0.05, 0.1) is 21.2 Å². The summed E-state index contributed by atoms with van der Waals surface area (Å²) >= 11 is 0. The van der Waals surface area contributed by atoms with Gasteiger partial charge in [-0.1, -0.05) is 51.8 Å². The summed E-state index contributed by atoms with van der Waals surface area (Å²) in [5, 5.41) is 4.07. The van der Waals surface area contributed by atoms with Gasteiger partial charge >= 0.3 is 0 Å². The van der Waals surface area contributed by atoms with Gasteiger partial charge < -0.3 is 10.2 Å². The van der Waals surface area contributed by atoms with Crippen LogP contribution in [0.15, 0.2) is 82.3 Å². The number of hydrogen-bond donors (Lipinski definition) is 3. The minimum atomic E-state index is -4.43. The van der Waals surface area contributed by atoms with Crippen molar-refractivity contribution in [1.29, 1.82) is 0 Å². The van der Waals surface area contributed by atoms with E-state index in [-0.39, 0.29) is 27.9 Å². The molecule has 3 N–H and O–H groups in total. The molecule has 0 unspecified atom stereocenters. The average Bonchev–Trinajstić information content (AvgIpc) is 3.45. The largest absolute Gasteiger partial charge is 0.346 e. The van der Waals surface area contributed by atoms with E-state index in [2.05, 4.69) is 14.8 Å². The Kier molecular flexibility index (Phi) is 14.4. The van der Waals surface area contributed by atoms with E-state index >= 15 is 0 Å². The lowest BCUT2D eigenvalue weighted by Crippen LogP contribution is -2.42. The molecule has 2 heterocycles. The van der Waals surface area contributed by atoms with Crippen molar-refractivity contribution in [3.63, 3.8) is 0 Å². The van der Waals surface area contributed by atoms with Crippen molar-refractivity contribution in [2.45, 2.75) is 113 Å². The van der Waals surface area contributed by atoms with Crippen LogP contribution in [0.5, 0.6) is 0 Å². The fourth-order valence-electron chi connectivity index (χ4n) is 7.62. The number of amides is 1. The van der Waals surface area contributed by atoms with Crippen LogP contribution >= 0.6 is 0 Å². The molecule has 1 atom stereocenters. The highest BCUT2D eigenvalue weighted by atomic mass is 32.2. The molecule has 2 aromatic rings. The predicted molar refractivity (Wildman–Crippen MR) is 229 cm³/mol. The second-order valence-corrected chi connectivity index (χ2v) is 21.7. The van der Waals surface area contributed by atoms with Gasteiger partial charge in [-0.15, -0.1) is 0 Å². The van der Waals surface area contributed by atoms with Crippen LogP contribution in [0.2, 0.25) is 0 Å². The molecule has 0 saturated heterocycles. The zero-order valence-corrected chi connectivity index (χ0v) is 36.7. The SMILES string of the molecule is CCCC[C@H](NC(=O)CCCCC[N+]1=C(/C=C/C=C/C=C2/N(CC)c3ccc(S(=O)(=O)O)cc3C2(C)C)C(C)(C)c2cc(S(=O)(=O)O)ccc21)C(=O)C=S(C)(C)=O. The third kappa shape index (κ3) is 11.0. The number of ketones is 1. The number of nitrogens with zero attached hydrogens (tertiary/aromatic N) is 2. The fraction of sp³-hybridized carbons (Fsp3) is 0.476. The minimum Gasteiger partial charge on any atom is -0.346 e. The van der Waals surface area contributed by atoms with Crippen molar-refractivity contribution >= 4 is 63.9 Å². The van der Waals surface area contributed by atoms with Crippen molar-refractivity contribution in [2.24, 2.45) is 0 Å². The lowest BCUT2D eigenvalue weighted by Gasteiger charge is -2.25. The van der Waals surface area contributed by atoms with Crippen LogP contribution in [-0.4, -0.2) is 89.1 Å². The molecule has 0 aliphatic carbocycles. The van der Waals surface area contributed by atoms with E-state index in [0.29, 0.717) is 38.8 Å². The number of likely N-dealkylation sites (N-methyl/N-ethyl adjacent to an activating group) is 1. The van der Waals surface area contributed by atoms with Gasteiger partial charge in [0.1, 0.15) is 6.54 Å². The van der Waals surface area contributed by atoms with Crippen LogP contribution in [-0.2, 0) is 50.2 Å². The van der Waals surface area contributed by atoms with Gasteiger partial charge in [-0.2, -0.15) is 21.4 Å². The van der Waals surface area contributed by atoms with Gasteiger partial charge in [-0.3, -0.25) is 22.9 Å². The standard InChI is InChI=1S/C42H57N3O9S3/c1-9-11-18-34(37(46)29-55(7,8)48)43-40(47)21-16-13-17-26-45-36-25-23-31(57(52,53)54)28-33(36)42(5,6)39(45)20-15-12-14-19-38-41(3,4)32-27-30(56(49,50)51)22-24-35(32)44(38)10-2/h12,14-15,19-20,22-25,27-29,34H,9-11,13,16-18,21,26H2,1-8H3,(H2-,43,47,49,50,51,52,53,54)/p+1/t34-/m0/s1. The normalized spacial score (nSPS) is 17.7. The van der Waals surface area contributed by atoms with Crippen LogP contribution in [0.3, 0.4) is 0 Å². The summed E-state index contributed by atoms with van der Waals surface area (Å²) in [5.74, 6) is -0.553. The highest BCUT2D eigenvalue weighted by molar-refractivity contribution is 8.01. The van der Waals surface area contributed by atoms with E-state index in [9.17, 15) is 39.7 Å². The summed E-state index contributed by atoms with van der Waals surface area (Å²) in [7, 11) is -11.2. The number of benzene rings is 2. The maximum absolute atomic E-state index is 12.9. The number of fused-ring (bicyclic) bond motifs is 2. The summed E-state index contributed by atoms with van der Waals surface area (Å²) in [6.45, 7) is 13.2. The summed E-state index contributed by atoms with van der Waals surface area (Å²) in [6, 6.07) is 8.56. The van der Waals surface area contributed by atoms with E-state index in [1.54, 1.807) is 12.1 Å². The van der Waals surface area contributed by atoms with Crippen LogP contribution < -0.4 is 10.2 Å². The molecule has 0 spiro atoms. The molecule has 2 aliphatic rings. The van der Waals surface area contributed by atoms with Crippen molar-refractivity contribution in [3.05, 3.63) is 83.6 Å². The Labute approximate surface area is 339 Å². The lowest BCUT2D eigenvalue weighted by atomic mass is 9.81. The van der Waals surface area contributed by atoms with Crippen LogP contribution in [0, 0.1) is 0 Å². The molecule has 1 amide bonds. The maximum atomic E-state index is 12.9. The Morgan fingerprint density at radius 2 is 1.46 bits per heavy atom. The average molecular weight is 845 g/mol. The molecule has 2 aromatic carbocycles. The molecule has 4 rings (SSSR count). The molecule has 0 fully saturated rings. The summed E-state index contributed by atoms with van der Waals surface area (Å²) in [4.78, 5) is 27.4. The second kappa shape index (κ2) is 17.9. The quantitative estimate of drug-likeness (QED) is 0.0492. The molecule has 0 radical (unpaired) electrons. The van der Waals surface area contributed by atoms with Crippen LogP contribution in [0.4, 0.5) is 11.4 Å². The zero-order valence-electron chi connectivity index (χ0n) is 34.2. The van der Waals surface area contributed by atoms with Gasteiger partial charge in [0.2, 0.25) is 11.6 Å². The lowest BCUT2D eigenvalue weighted by molar-refractivity contribution is -0.438. The smallest absolute Gasteiger partial charge is 0.294 e. The molecular weight excluding hydrogens is 787 g/mol. The first-order valence-corrected chi connectivity index (χ1v) is 24.6. The van der Waals surface area contributed by atoms with Gasteiger partial charge in [0.15, 0.2) is 11.5 Å². The fourth-order valence-corrected chi connectivity index (χ4v) is 9.36. The van der Waals surface area contributed by atoms with Crippen molar-refractivity contribution in [2.75, 3.05) is 30.5 Å². The molecule has 312 valence electrons. The van der Waals surface area contributed by atoms with E-state index in [4.69, 9.17) is 0 Å². The zero-order chi connectivity index (χ0) is 42.6. The molecule has 2 aliphatic heterocycles. The van der Waals surface area contributed by atoms with Crippen molar-refractivity contribution in [1.82, 2.24) is 5.32 Å². The van der Waals surface area contributed by atoms with Crippen molar-refractivity contribution in [3.8, 4) is 0 Å². The Balaban J connectivity index is 1.54. The number of allylic oxidation sites excluding steroid dienone is 6. The first-order chi connectivity index (χ1) is 26.4.